The second kappa shape index (κ2) is 6.92. The fourth-order valence-corrected chi connectivity index (χ4v) is 2.69. The van der Waals surface area contributed by atoms with Gasteiger partial charge >= 0.3 is 0 Å². The van der Waals surface area contributed by atoms with Crippen LogP contribution in [0.2, 0.25) is 0 Å². The van der Waals surface area contributed by atoms with Gasteiger partial charge < -0.3 is 15.1 Å². The van der Waals surface area contributed by atoms with Crippen LogP contribution >= 0.6 is 0 Å². The van der Waals surface area contributed by atoms with Crippen molar-refractivity contribution >= 4 is 5.69 Å². The fourth-order valence-electron chi connectivity index (χ4n) is 2.69. The Morgan fingerprint density at radius 2 is 2.05 bits per heavy atom. The van der Waals surface area contributed by atoms with E-state index in [2.05, 4.69) is 11.0 Å². The molecule has 1 aromatic rings. The minimum atomic E-state index is -0.395. The highest BCUT2D eigenvalue weighted by atomic mass is 16.3. The summed E-state index contributed by atoms with van der Waals surface area (Å²) in [6.45, 7) is 3.10. The van der Waals surface area contributed by atoms with Crippen molar-refractivity contribution in [3.63, 3.8) is 0 Å². The van der Waals surface area contributed by atoms with Crippen LogP contribution in [0.4, 0.5) is 5.69 Å². The van der Waals surface area contributed by atoms with Crippen LogP contribution in [0.15, 0.2) is 24.3 Å². The Hall–Kier alpha value is -1.06. The predicted molar refractivity (Wildman–Crippen MR) is 78.4 cm³/mol. The molecular formula is C16H25NO2. The van der Waals surface area contributed by atoms with Crippen molar-refractivity contribution < 1.29 is 10.2 Å². The van der Waals surface area contributed by atoms with E-state index in [1.165, 1.54) is 19.3 Å². The Morgan fingerprint density at radius 1 is 1.32 bits per heavy atom. The molecule has 0 bridgehead atoms. The molecule has 0 aliphatic heterocycles. The number of anilines is 1. The van der Waals surface area contributed by atoms with Gasteiger partial charge in [0.2, 0.25) is 0 Å². The third kappa shape index (κ3) is 3.28. The first kappa shape index (κ1) is 14.4. The molecule has 0 spiro atoms. The van der Waals surface area contributed by atoms with E-state index in [9.17, 15) is 5.11 Å². The molecule has 1 aliphatic carbocycles. The molecule has 0 radical (unpaired) electrons. The summed E-state index contributed by atoms with van der Waals surface area (Å²) in [5, 5.41) is 19.3. The van der Waals surface area contributed by atoms with E-state index in [-0.39, 0.29) is 6.61 Å². The number of hydrogen-bond acceptors (Lipinski definition) is 3. The summed E-state index contributed by atoms with van der Waals surface area (Å²) in [5.41, 5.74) is 2.17. The van der Waals surface area contributed by atoms with E-state index in [1.807, 2.05) is 25.1 Å². The van der Waals surface area contributed by atoms with Gasteiger partial charge in [-0.25, -0.2) is 0 Å². The molecule has 19 heavy (non-hydrogen) atoms. The molecule has 0 aromatic heterocycles. The van der Waals surface area contributed by atoms with Crippen LogP contribution in [0.1, 0.15) is 50.7 Å². The summed E-state index contributed by atoms with van der Waals surface area (Å²) >= 11 is 0. The SMILES string of the molecule is CC[C@@H](O)c1ccccc1N(CCCO)C1CCC1. The second-order valence-corrected chi connectivity index (χ2v) is 5.34. The van der Waals surface area contributed by atoms with Crippen molar-refractivity contribution in [3.8, 4) is 0 Å². The second-order valence-electron chi connectivity index (χ2n) is 5.34. The van der Waals surface area contributed by atoms with Gasteiger partial charge in [0.05, 0.1) is 6.10 Å². The quantitative estimate of drug-likeness (QED) is 0.795. The highest BCUT2D eigenvalue weighted by Crippen LogP contribution is 2.34. The number of hydrogen-bond donors (Lipinski definition) is 2. The summed E-state index contributed by atoms with van der Waals surface area (Å²) in [5.74, 6) is 0. The topological polar surface area (TPSA) is 43.7 Å². The lowest BCUT2D eigenvalue weighted by atomic mass is 9.90. The average Bonchev–Trinajstić information content (AvgIpc) is 2.40. The first-order valence-electron chi connectivity index (χ1n) is 7.42. The normalized spacial score (nSPS) is 17.0. The van der Waals surface area contributed by atoms with E-state index in [1.54, 1.807) is 0 Å². The first-order chi connectivity index (χ1) is 9.27. The lowest BCUT2D eigenvalue weighted by molar-refractivity contribution is 0.173. The number of aliphatic hydroxyl groups excluding tert-OH is 2. The first-order valence-corrected chi connectivity index (χ1v) is 7.42. The third-order valence-corrected chi connectivity index (χ3v) is 4.06. The zero-order chi connectivity index (χ0) is 13.7. The molecule has 0 unspecified atom stereocenters. The highest BCUT2D eigenvalue weighted by molar-refractivity contribution is 5.55. The maximum Gasteiger partial charge on any atom is 0.0807 e. The molecule has 1 saturated carbocycles. The molecule has 3 heteroatoms. The van der Waals surface area contributed by atoms with Gasteiger partial charge in [0.25, 0.3) is 0 Å². The number of para-hydroxylation sites is 1. The van der Waals surface area contributed by atoms with Gasteiger partial charge in [-0.05, 0) is 38.2 Å². The van der Waals surface area contributed by atoms with Gasteiger partial charge in [0.1, 0.15) is 0 Å². The third-order valence-electron chi connectivity index (χ3n) is 4.06. The molecule has 1 aromatic carbocycles. The van der Waals surface area contributed by atoms with Gasteiger partial charge in [-0.2, -0.15) is 0 Å². The van der Waals surface area contributed by atoms with Crippen LogP contribution in [-0.4, -0.2) is 29.4 Å². The van der Waals surface area contributed by atoms with Crippen LogP contribution in [0.25, 0.3) is 0 Å². The molecule has 0 saturated heterocycles. The predicted octanol–water partition coefficient (Wildman–Crippen LogP) is 2.87. The highest BCUT2D eigenvalue weighted by Gasteiger charge is 2.27. The summed E-state index contributed by atoms with van der Waals surface area (Å²) in [7, 11) is 0. The number of rotatable bonds is 7. The number of benzene rings is 1. The summed E-state index contributed by atoms with van der Waals surface area (Å²) in [4.78, 5) is 2.38. The molecule has 0 heterocycles. The van der Waals surface area contributed by atoms with Crippen molar-refractivity contribution in [2.75, 3.05) is 18.1 Å². The van der Waals surface area contributed by atoms with E-state index in [4.69, 9.17) is 5.11 Å². The lowest BCUT2D eigenvalue weighted by Gasteiger charge is -2.40. The molecule has 2 N–H and O–H groups in total. The minimum Gasteiger partial charge on any atom is -0.396 e. The van der Waals surface area contributed by atoms with E-state index >= 15 is 0 Å². The molecule has 1 aliphatic rings. The van der Waals surface area contributed by atoms with E-state index in [0.717, 1.165) is 30.6 Å². The van der Waals surface area contributed by atoms with E-state index < -0.39 is 6.10 Å². The van der Waals surface area contributed by atoms with Gasteiger partial charge in [-0.3, -0.25) is 0 Å². The summed E-state index contributed by atoms with van der Waals surface area (Å²) < 4.78 is 0. The lowest BCUT2D eigenvalue weighted by Crippen LogP contribution is -2.41. The molecule has 3 nitrogen and oxygen atoms in total. The Bertz CT molecular complexity index is 390. The largest absolute Gasteiger partial charge is 0.396 e. The monoisotopic (exact) mass is 263 g/mol. The minimum absolute atomic E-state index is 0.224. The molecule has 1 fully saturated rings. The van der Waals surface area contributed by atoms with Crippen LogP contribution in [0.3, 0.4) is 0 Å². The Labute approximate surface area is 115 Å². The van der Waals surface area contributed by atoms with Crippen LogP contribution < -0.4 is 4.90 Å². The molecule has 1 atom stereocenters. The molecular weight excluding hydrogens is 238 g/mol. The summed E-state index contributed by atoms with van der Waals surface area (Å²) in [6, 6.07) is 8.73. The maximum absolute atomic E-state index is 10.2. The van der Waals surface area contributed by atoms with Crippen LogP contribution in [0, 0.1) is 0 Å². The average molecular weight is 263 g/mol. The van der Waals surface area contributed by atoms with Crippen molar-refractivity contribution in [1.82, 2.24) is 0 Å². The number of aliphatic hydroxyl groups is 2. The molecule has 2 rings (SSSR count). The standard InChI is InChI=1S/C16H25NO2/c1-2-16(19)14-9-3-4-10-15(14)17(11-6-12-18)13-7-5-8-13/h3-4,9-10,13,16,18-19H,2,5-8,11-12H2,1H3/t16-/m1/s1. The van der Waals surface area contributed by atoms with Gasteiger partial charge in [-0.1, -0.05) is 25.1 Å². The van der Waals surface area contributed by atoms with Crippen molar-refractivity contribution in [2.45, 2.75) is 51.2 Å². The van der Waals surface area contributed by atoms with Crippen molar-refractivity contribution in [1.29, 1.82) is 0 Å². The Morgan fingerprint density at radius 3 is 2.63 bits per heavy atom. The summed E-state index contributed by atoms with van der Waals surface area (Å²) in [6.07, 6.45) is 4.86. The van der Waals surface area contributed by atoms with Gasteiger partial charge in [0.15, 0.2) is 0 Å². The maximum atomic E-state index is 10.2. The van der Waals surface area contributed by atoms with Crippen LogP contribution in [0.5, 0.6) is 0 Å². The Kier molecular flexibility index (Phi) is 5.23. The van der Waals surface area contributed by atoms with Crippen LogP contribution in [-0.2, 0) is 0 Å². The molecule has 0 amide bonds. The Balaban J connectivity index is 2.24. The fraction of sp³-hybridized carbons (Fsp3) is 0.625. The van der Waals surface area contributed by atoms with E-state index in [0.29, 0.717) is 6.04 Å². The van der Waals surface area contributed by atoms with Crippen molar-refractivity contribution in [3.05, 3.63) is 29.8 Å². The van der Waals surface area contributed by atoms with Crippen molar-refractivity contribution in [2.24, 2.45) is 0 Å². The van der Waals surface area contributed by atoms with Gasteiger partial charge in [-0.15, -0.1) is 0 Å². The molecule has 106 valence electrons. The smallest absolute Gasteiger partial charge is 0.0807 e. The number of nitrogens with zero attached hydrogens (tertiary/aromatic N) is 1. The zero-order valence-electron chi connectivity index (χ0n) is 11.8. The van der Waals surface area contributed by atoms with Gasteiger partial charge in [0, 0.05) is 30.4 Å². The zero-order valence-corrected chi connectivity index (χ0v) is 11.8.